The van der Waals surface area contributed by atoms with Crippen LogP contribution in [0.4, 0.5) is 17.1 Å². The highest BCUT2D eigenvalue weighted by molar-refractivity contribution is 7.10. The second kappa shape index (κ2) is 9.14. The van der Waals surface area contributed by atoms with Crippen molar-refractivity contribution in [1.82, 2.24) is 14.7 Å². The van der Waals surface area contributed by atoms with Crippen LogP contribution in [0.1, 0.15) is 42.0 Å². The summed E-state index contributed by atoms with van der Waals surface area (Å²) in [4.78, 5) is 40.7. The first-order valence-electron chi connectivity index (χ1n) is 10.4. The van der Waals surface area contributed by atoms with Crippen molar-refractivity contribution in [3.05, 3.63) is 66.9 Å². The molecule has 33 heavy (non-hydrogen) atoms. The first-order chi connectivity index (χ1) is 15.4. The number of aromatic nitrogens is 2. The first-order valence-corrected chi connectivity index (χ1v) is 11.2. The summed E-state index contributed by atoms with van der Waals surface area (Å²) in [6.45, 7) is 6.11. The fraction of sp³-hybridized carbons (Fsp3) is 0.348. The van der Waals surface area contributed by atoms with Crippen LogP contribution in [0.2, 0.25) is 0 Å². The van der Waals surface area contributed by atoms with Gasteiger partial charge in [0.2, 0.25) is 0 Å². The van der Waals surface area contributed by atoms with Gasteiger partial charge in [-0.3, -0.25) is 24.2 Å². The predicted octanol–water partition coefficient (Wildman–Crippen LogP) is 3.49. The lowest BCUT2D eigenvalue weighted by atomic mass is 9.85. The molecular weight excluding hydrogens is 442 g/mol. The van der Waals surface area contributed by atoms with Crippen LogP contribution in [0.5, 0.6) is 5.75 Å². The summed E-state index contributed by atoms with van der Waals surface area (Å²) in [5.74, 6) is -0.700. The molecule has 2 aromatic heterocycles. The zero-order valence-electron chi connectivity index (χ0n) is 19.5. The van der Waals surface area contributed by atoms with Gasteiger partial charge in [0.05, 0.1) is 17.3 Å². The number of phenols is 1. The number of aryl methyl sites for hydroxylation is 1. The number of nitrogens with zero attached hydrogens (tertiary/aromatic N) is 2. The quantitative estimate of drug-likeness (QED) is 0.409. The number of hydrogen-bond donors (Lipinski definition) is 4. The monoisotopic (exact) mass is 471 g/mol. The molecule has 0 aliphatic carbocycles. The maximum atomic E-state index is 13.0. The molecule has 4 N–H and O–H groups in total. The smallest absolute Gasteiger partial charge is 0.290 e. The number of aromatic hydroxyl groups is 1. The number of nitrogens with one attached hydrogen (secondary N) is 3. The molecule has 9 nitrogen and oxygen atoms in total. The highest BCUT2D eigenvalue weighted by Crippen LogP contribution is 2.39. The van der Waals surface area contributed by atoms with Gasteiger partial charge in [0.1, 0.15) is 11.4 Å². The highest BCUT2D eigenvalue weighted by atomic mass is 32.1. The van der Waals surface area contributed by atoms with Crippen molar-refractivity contribution in [3.63, 3.8) is 0 Å². The molecule has 2 heterocycles. The minimum absolute atomic E-state index is 0.0307. The maximum absolute atomic E-state index is 13.0. The van der Waals surface area contributed by atoms with Crippen LogP contribution in [0.25, 0.3) is 0 Å². The molecule has 0 aliphatic heterocycles. The van der Waals surface area contributed by atoms with Gasteiger partial charge in [-0.1, -0.05) is 32.9 Å². The average molecular weight is 472 g/mol. The maximum Gasteiger partial charge on any atom is 0.290 e. The second-order valence-electron chi connectivity index (χ2n) is 9.04. The molecule has 0 radical (unpaired) electrons. The van der Waals surface area contributed by atoms with E-state index in [0.29, 0.717) is 0 Å². The fourth-order valence-corrected chi connectivity index (χ4v) is 4.43. The van der Waals surface area contributed by atoms with Crippen LogP contribution in [0.3, 0.4) is 0 Å². The Labute approximate surface area is 195 Å². The zero-order chi connectivity index (χ0) is 24.5. The molecule has 0 fully saturated rings. The molecule has 1 atom stereocenters. The third kappa shape index (κ3) is 4.95. The lowest BCUT2D eigenvalue weighted by Crippen LogP contribution is -2.34. The third-order valence-corrected chi connectivity index (χ3v) is 6.12. The van der Waals surface area contributed by atoms with Gasteiger partial charge in [-0.25, -0.2) is 0 Å². The number of carbonyl (C=O) groups is 1. The summed E-state index contributed by atoms with van der Waals surface area (Å²) >= 11 is 1.55. The van der Waals surface area contributed by atoms with Crippen molar-refractivity contribution in [2.75, 3.05) is 24.7 Å². The summed E-state index contributed by atoms with van der Waals surface area (Å²) in [6.07, 6.45) is 0. The minimum atomic E-state index is -0.500. The van der Waals surface area contributed by atoms with E-state index in [1.807, 2.05) is 38.3 Å². The number of carbonyl (C=O) groups excluding carboxylic acids is 1. The molecule has 0 aliphatic rings. The van der Waals surface area contributed by atoms with E-state index in [1.54, 1.807) is 31.5 Å². The van der Waals surface area contributed by atoms with E-state index in [0.717, 1.165) is 9.56 Å². The number of aromatic amines is 1. The van der Waals surface area contributed by atoms with Gasteiger partial charge in [0.15, 0.2) is 5.75 Å². The lowest BCUT2D eigenvalue weighted by molar-refractivity contribution is 0.0824. The molecule has 1 unspecified atom stereocenters. The number of para-hydroxylation sites is 1. The van der Waals surface area contributed by atoms with Gasteiger partial charge in [0.25, 0.3) is 17.0 Å². The Kier molecular flexibility index (Phi) is 6.68. The Hall–Kier alpha value is -3.53. The molecule has 0 spiro atoms. The molecular formula is C23H29N5O4S. The summed E-state index contributed by atoms with van der Waals surface area (Å²) in [6, 6.07) is 8.25. The number of anilines is 3. The number of benzene rings is 1. The van der Waals surface area contributed by atoms with E-state index in [2.05, 4.69) is 15.7 Å². The molecule has 3 aromatic rings. The van der Waals surface area contributed by atoms with E-state index >= 15 is 0 Å². The van der Waals surface area contributed by atoms with E-state index < -0.39 is 11.1 Å². The van der Waals surface area contributed by atoms with Crippen molar-refractivity contribution in [2.24, 2.45) is 12.5 Å². The van der Waals surface area contributed by atoms with Crippen molar-refractivity contribution >= 4 is 34.3 Å². The van der Waals surface area contributed by atoms with Crippen molar-refractivity contribution in [1.29, 1.82) is 0 Å². The minimum Gasteiger partial charge on any atom is -0.505 e. The van der Waals surface area contributed by atoms with Gasteiger partial charge < -0.3 is 20.6 Å². The van der Waals surface area contributed by atoms with Crippen LogP contribution in [-0.2, 0) is 7.05 Å². The number of amides is 1. The summed E-state index contributed by atoms with van der Waals surface area (Å²) in [7, 11) is 4.59. The molecule has 10 heteroatoms. The Balaban J connectivity index is 2.13. The standard InChI is InChI=1S/C23H29N5O4S/c1-23(2,3)19(15-11-8-12-33-15)25-16-17(22(32)28(6)26-20(16)30)24-14-10-7-9-13(18(14)29)21(31)27(4)5/h7-12,19,24-25,29H,1-6H3,(H,26,30). The van der Waals surface area contributed by atoms with Crippen molar-refractivity contribution < 1.29 is 9.90 Å². The Morgan fingerprint density at radius 3 is 2.42 bits per heavy atom. The fourth-order valence-electron chi connectivity index (χ4n) is 3.41. The number of rotatable bonds is 6. The molecule has 176 valence electrons. The molecule has 0 saturated heterocycles. The zero-order valence-corrected chi connectivity index (χ0v) is 20.3. The summed E-state index contributed by atoms with van der Waals surface area (Å²) in [5.41, 5.74) is -1.04. The van der Waals surface area contributed by atoms with E-state index in [-0.39, 0.29) is 45.7 Å². The normalized spacial score (nSPS) is 12.3. The van der Waals surface area contributed by atoms with Crippen molar-refractivity contribution in [3.8, 4) is 5.75 Å². The van der Waals surface area contributed by atoms with E-state index in [1.165, 1.54) is 24.1 Å². The highest BCUT2D eigenvalue weighted by Gasteiger charge is 2.30. The number of thiophene rings is 1. The molecule has 0 saturated carbocycles. The number of phenolic OH excluding ortho intramolecular Hbond substituents is 1. The van der Waals surface area contributed by atoms with Crippen LogP contribution in [0, 0.1) is 5.41 Å². The van der Waals surface area contributed by atoms with Gasteiger partial charge in [-0.2, -0.15) is 0 Å². The average Bonchev–Trinajstić information content (AvgIpc) is 3.25. The summed E-state index contributed by atoms with van der Waals surface area (Å²) in [5, 5.41) is 21.4. The topological polar surface area (TPSA) is 119 Å². The Bertz CT molecular complexity index is 1270. The van der Waals surface area contributed by atoms with Crippen molar-refractivity contribution in [2.45, 2.75) is 26.8 Å². The summed E-state index contributed by atoms with van der Waals surface area (Å²) < 4.78 is 1.07. The first kappa shape index (κ1) is 24.1. The number of hydrogen-bond acceptors (Lipinski definition) is 7. The second-order valence-corrected chi connectivity index (χ2v) is 10.0. The van der Waals surface area contributed by atoms with Crippen LogP contribution >= 0.6 is 11.3 Å². The Morgan fingerprint density at radius 2 is 1.85 bits per heavy atom. The molecule has 1 aromatic carbocycles. The largest absolute Gasteiger partial charge is 0.505 e. The van der Waals surface area contributed by atoms with E-state index in [9.17, 15) is 19.5 Å². The molecule has 1 amide bonds. The van der Waals surface area contributed by atoms with E-state index in [4.69, 9.17) is 0 Å². The van der Waals surface area contributed by atoms with Crippen LogP contribution in [0.15, 0.2) is 45.3 Å². The number of H-pyrrole nitrogens is 1. The van der Waals surface area contributed by atoms with Gasteiger partial charge in [-0.15, -0.1) is 11.3 Å². The molecule has 3 rings (SSSR count). The van der Waals surface area contributed by atoms with Gasteiger partial charge >= 0.3 is 0 Å². The van der Waals surface area contributed by atoms with Gasteiger partial charge in [-0.05, 0) is 29.0 Å². The third-order valence-electron chi connectivity index (χ3n) is 5.18. The lowest BCUT2D eigenvalue weighted by Gasteiger charge is -2.32. The SMILES string of the molecule is CN(C)C(=O)c1cccc(Nc2c(NC(c3cccs3)C(C)(C)C)c(=O)[nH]n(C)c2=O)c1O. The predicted molar refractivity (Wildman–Crippen MR) is 132 cm³/mol. The Morgan fingerprint density at radius 1 is 1.15 bits per heavy atom. The molecule has 0 bridgehead atoms. The van der Waals surface area contributed by atoms with Crippen LogP contribution < -0.4 is 21.8 Å². The van der Waals surface area contributed by atoms with Gasteiger partial charge in [0, 0.05) is 26.0 Å². The van der Waals surface area contributed by atoms with Crippen LogP contribution in [-0.4, -0.2) is 39.8 Å².